The number of rotatable bonds is 5. The minimum Gasteiger partial charge on any atom is -0.481 e. The molecular formula is C28H21ClN6OS. The Morgan fingerprint density at radius 3 is 2.57 bits per heavy atom. The predicted molar refractivity (Wildman–Crippen MR) is 147 cm³/mol. The average molecular weight is 525 g/mol. The van der Waals surface area contributed by atoms with Crippen molar-refractivity contribution in [1.82, 2.24) is 15.0 Å². The summed E-state index contributed by atoms with van der Waals surface area (Å²) in [5, 5.41) is 7.33. The molecule has 0 spiro atoms. The minimum absolute atomic E-state index is 0.438. The summed E-state index contributed by atoms with van der Waals surface area (Å²) in [6.45, 7) is 0. The molecule has 1 aliphatic heterocycles. The lowest BCUT2D eigenvalue weighted by Gasteiger charge is -2.33. The molecule has 4 heterocycles. The van der Waals surface area contributed by atoms with Crippen LogP contribution in [0.5, 0.6) is 5.88 Å². The van der Waals surface area contributed by atoms with Gasteiger partial charge in [-0.25, -0.2) is 9.99 Å². The van der Waals surface area contributed by atoms with E-state index in [2.05, 4.69) is 27.1 Å². The normalized spacial score (nSPS) is 14.8. The quantitative estimate of drug-likeness (QED) is 0.298. The van der Waals surface area contributed by atoms with Crippen molar-refractivity contribution in [3.63, 3.8) is 0 Å². The van der Waals surface area contributed by atoms with E-state index in [4.69, 9.17) is 27.2 Å². The minimum atomic E-state index is -0.438. The number of methoxy groups -OCH3 is 1. The lowest BCUT2D eigenvalue weighted by Crippen LogP contribution is -2.36. The van der Waals surface area contributed by atoms with Crippen LogP contribution >= 0.6 is 23.4 Å². The van der Waals surface area contributed by atoms with E-state index in [1.165, 1.54) is 0 Å². The molecule has 0 amide bonds. The summed E-state index contributed by atoms with van der Waals surface area (Å²) in [6.07, 6.45) is 2.98. The second-order valence-electron chi connectivity index (χ2n) is 8.31. The van der Waals surface area contributed by atoms with Crippen molar-refractivity contribution in [2.24, 2.45) is 10.8 Å². The van der Waals surface area contributed by atoms with Gasteiger partial charge in [0.2, 0.25) is 5.88 Å². The third-order valence-electron chi connectivity index (χ3n) is 6.04. The van der Waals surface area contributed by atoms with Gasteiger partial charge in [0.25, 0.3) is 0 Å². The fourth-order valence-electron chi connectivity index (χ4n) is 4.22. The van der Waals surface area contributed by atoms with E-state index < -0.39 is 6.17 Å². The highest BCUT2D eigenvalue weighted by Crippen LogP contribution is 2.36. The molecule has 7 nitrogen and oxygen atoms in total. The Labute approximate surface area is 223 Å². The first kappa shape index (κ1) is 23.4. The van der Waals surface area contributed by atoms with Gasteiger partial charge in [-0.05, 0) is 48.5 Å². The van der Waals surface area contributed by atoms with E-state index in [9.17, 15) is 0 Å². The van der Waals surface area contributed by atoms with Crippen molar-refractivity contribution in [1.29, 1.82) is 0 Å². The highest BCUT2D eigenvalue weighted by molar-refractivity contribution is 7.99. The van der Waals surface area contributed by atoms with E-state index in [0.29, 0.717) is 10.9 Å². The largest absolute Gasteiger partial charge is 0.481 e. The van der Waals surface area contributed by atoms with E-state index in [1.54, 1.807) is 31.3 Å². The third kappa shape index (κ3) is 4.51. The summed E-state index contributed by atoms with van der Waals surface area (Å²) in [7, 11) is 1.61. The van der Waals surface area contributed by atoms with Crippen molar-refractivity contribution < 1.29 is 4.74 Å². The lowest BCUT2D eigenvalue weighted by molar-refractivity contribution is 0.399. The fourth-order valence-corrected chi connectivity index (χ4v) is 5.24. The average Bonchev–Trinajstić information content (AvgIpc) is 2.94. The first-order valence-corrected chi connectivity index (χ1v) is 12.7. The monoisotopic (exact) mass is 524 g/mol. The number of ether oxygens (including phenoxy) is 1. The Bertz CT molecular complexity index is 1630. The van der Waals surface area contributed by atoms with E-state index >= 15 is 0 Å². The number of anilines is 1. The molecule has 37 heavy (non-hydrogen) atoms. The first-order chi connectivity index (χ1) is 18.1. The highest BCUT2D eigenvalue weighted by atomic mass is 35.5. The zero-order valence-corrected chi connectivity index (χ0v) is 21.3. The summed E-state index contributed by atoms with van der Waals surface area (Å²) in [6, 6.07) is 25.5. The van der Waals surface area contributed by atoms with Crippen molar-refractivity contribution in [2.75, 3.05) is 12.1 Å². The van der Waals surface area contributed by atoms with E-state index in [1.807, 2.05) is 71.7 Å². The van der Waals surface area contributed by atoms with Crippen LogP contribution < -0.4 is 15.5 Å². The first-order valence-electron chi connectivity index (χ1n) is 11.5. The van der Waals surface area contributed by atoms with Gasteiger partial charge < -0.3 is 10.5 Å². The highest BCUT2D eigenvalue weighted by Gasteiger charge is 2.28. The molecule has 1 atom stereocenters. The van der Waals surface area contributed by atoms with Gasteiger partial charge in [0.1, 0.15) is 17.4 Å². The van der Waals surface area contributed by atoms with Crippen LogP contribution in [-0.4, -0.2) is 27.8 Å². The van der Waals surface area contributed by atoms with Crippen LogP contribution in [0.3, 0.4) is 0 Å². The number of fused-ring (bicyclic) bond motifs is 2. The van der Waals surface area contributed by atoms with Gasteiger partial charge in [0.15, 0.2) is 0 Å². The second kappa shape index (κ2) is 9.82. The standard InChI is InChI=1S/C28H21ClN6OS/c1-36-25-13-12-23-27(33-25)24(14-15-31-23)37-19-9-7-18(8-10-19)35-28(30)21-5-3-2-4-20(21)26(34-35)22-11-6-17(29)16-32-22/h2-16,28H,30H2,1H3. The van der Waals surface area contributed by atoms with Crippen LogP contribution in [0.2, 0.25) is 5.02 Å². The van der Waals surface area contributed by atoms with Crippen LogP contribution in [0.25, 0.3) is 11.0 Å². The summed E-state index contributed by atoms with van der Waals surface area (Å²) >= 11 is 7.68. The number of pyridine rings is 3. The zero-order valence-electron chi connectivity index (χ0n) is 19.7. The summed E-state index contributed by atoms with van der Waals surface area (Å²) in [5.41, 5.74) is 12.6. The maximum Gasteiger partial charge on any atom is 0.213 e. The molecule has 0 aliphatic carbocycles. The van der Waals surface area contributed by atoms with Gasteiger partial charge in [-0.15, -0.1) is 0 Å². The smallest absolute Gasteiger partial charge is 0.213 e. The predicted octanol–water partition coefficient (Wildman–Crippen LogP) is 6.07. The fraction of sp³-hybridized carbons (Fsp3) is 0.0714. The van der Waals surface area contributed by atoms with Crippen molar-refractivity contribution >= 4 is 45.8 Å². The van der Waals surface area contributed by atoms with Crippen molar-refractivity contribution in [3.05, 3.63) is 113 Å². The molecule has 5 aromatic rings. The Morgan fingerprint density at radius 2 is 1.78 bits per heavy atom. The van der Waals surface area contributed by atoms with Crippen LogP contribution in [0, 0.1) is 0 Å². The van der Waals surface area contributed by atoms with E-state index in [0.717, 1.165) is 49.0 Å². The molecule has 9 heteroatoms. The van der Waals surface area contributed by atoms with Gasteiger partial charge in [-0.3, -0.25) is 9.97 Å². The molecule has 182 valence electrons. The number of hydrogen-bond acceptors (Lipinski definition) is 8. The maximum absolute atomic E-state index is 6.68. The molecule has 6 rings (SSSR count). The Morgan fingerprint density at radius 1 is 0.946 bits per heavy atom. The lowest BCUT2D eigenvalue weighted by atomic mass is 9.96. The van der Waals surface area contributed by atoms with Crippen molar-refractivity contribution in [3.8, 4) is 5.88 Å². The summed E-state index contributed by atoms with van der Waals surface area (Å²) < 4.78 is 5.30. The van der Waals surface area contributed by atoms with Crippen LogP contribution in [0.4, 0.5) is 5.69 Å². The van der Waals surface area contributed by atoms with Crippen molar-refractivity contribution in [2.45, 2.75) is 16.0 Å². The number of nitrogens with two attached hydrogens (primary N) is 1. The molecular weight excluding hydrogens is 504 g/mol. The number of hydrogen-bond donors (Lipinski definition) is 1. The summed E-state index contributed by atoms with van der Waals surface area (Å²) in [5.74, 6) is 0.556. The van der Waals surface area contributed by atoms with Gasteiger partial charge in [0.05, 0.1) is 29.0 Å². The molecule has 3 aromatic heterocycles. The molecule has 0 bridgehead atoms. The molecule has 2 aromatic carbocycles. The zero-order chi connectivity index (χ0) is 25.4. The molecule has 1 aliphatic rings. The van der Waals surface area contributed by atoms with Gasteiger partial charge >= 0.3 is 0 Å². The maximum atomic E-state index is 6.68. The van der Waals surface area contributed by atoms with E-state index in [-0.39, 0.29) is 0 Å². The third-order valence-corrected chi connectivity index (χ3v) is 7.32. The summed E-state index contributed by atoms with van der Waals surface area (Å²) in [4.78, 5) is 15.6. The number of halogens is 1. The Hall–Kier alpha value is -3.98. The Kier molecular flexibility index (Phi) is 6.21. The molecule has 0 radical (unpaired) electrons. The molecule has 0 saturated carbocycles. The molecule has 0 saturated heterocycles. The van der Waals surface area contributed by atoms with Gasteiger partial charge in [-0.2, -0.15) is 5.10 Å². The van der Waals surface area contributed by atoms with Crippen LogP contribution in [-0.2, 0) is 0 Å². The SMILES string of the molecule is COc1ccc2nccc(Sc3ccc(N4N=C(c5ccc(Cl)cn5)c5ccccc5C4N)cc3)c2n1. The van der Waals surface area contributed by atoms with Crippen LogP contribution in [0.1, 0.15) is 23.0 Å². The van der Waals surface area contributed by atoms with Gasteiger partial charge in [-0.1, -0.05) is 47.6 Å². The van der Waals surface area contributed by atoms with Gasteiger partial charge in [0, 0.05) is 39.4 Å². The number of aromatic nitrogens is 3. The molecule has 2 N–H and O–H groups in total. The second-order valence-corrected chi connectivity index (χ2v) is 9.87. The number of benzene rings is 2. The molecule has 1 unspecified atom stereocenters. The molecule has 0 fully saturated rings. The van der Waals surface area contributed by atoms with Crippen LogP contribution in [0.15, 0.2) is 106 Å². The number of nitrogens with zero attached hydrogens (tertiary/aromatic N) is 5. The number of hydrazone groups is 1. The Balaban J connectivity index is 1.34. The topological polar surface area (TPSA) is 89.5 Å².